The first kappa shape index (κ1) is 30.6. The number of epoxide rings is 1. The largest absolute Gasteiger partial charge is 0.478 e. The summed E-state index contributed by atoms with van der Waals surface area (Å²) in [6.45, 7) is 13.7. The van der Waals surface area contributed by atoms with E-state index < -0.39 is 12.1 Å². The van der Waals surface area contributed by atoms with Crippen LogP contribution in [0.4, 0.5) is 0 Å². The maximum Gasteiger partial charge on any atom is 0.327 e. The summed E-state index contributed by atoms with van der Waals surface area (Å²) >= 11 is 0. The smallest absolute Gasteiger partial charge is 0.327 e. The first-order chi connectivity index (χ1) is 18.1. The van der Waals surface area contributed by atoms with Crippen molar-refractivity contribution in [3.63, 3.8) is 0 Å². The molecule has 3 aliphatic rings. The van der Waals surface area contributed by atoms with Crippen LogP contribution in [-0.2, 0) is 19.0 Å². The van der Waals surface area contributed by atoms with Crippen molar-refractivity contribution in [2.45, 2.75) is 109 Å². The number of aliphatic hydroxyl groups excluding tert-OH is 1. The van der Waals surface area contributed by atoms with Crippen molar-refractivity contribution in [2.24, 2.45) is 17.8 Å². The van der Waals surface area contributed by atoms with Gasteiger partial charge in [0.15, 0.2) is 0 Å². The van der Waals surface area contributed by atoms with Crippen LogP contribution in [0.25, 0.3) is 0 Å². The number of carbonyl (C=O) groups is 1. The highest BCUT2D eigenvalue weighted by Gasteiger charge is 2.43. The second-order valence-electron chi connectivity index (χ2n) is 11.8. The number of rotatable bonds is 15. The van der Waals surface area contributed by atoms with E-state index in [0.29, 0.717) is 24.9 Å². The van der Waals surface area contributed by atoms with Crippen molar-refractivity contribution in [1.29, 1.82) is 0 Å². The van der Waals surface area contributed by atoms with Crippen molar-refractivity contribution in [3.8, 4) is 0 Å². The van der Waals surface area contributed by atoms with Crippen LogP contribution in [0.5, 0.6) is 0 Å². The predicted molar refractivity (Wildman–Crippen MR) is 151 cm³/mol. The molecular formula is C32H48O6. The van der Waals surface area contributed by atoms with E-state index in [0.717, 1.165) is 38.5 Å². The number of carboxylic acid groups (broad SMARTS) is 1. The van der Waals surface area contributed by atoms with E-state index in [1.165, 1.54) is 17.2 Å². The van der Waals surface area contributed by atoms with Crippen LogP contribution in [0.2, 0.25) is 0 Å². The van der Waals surface area contributed by atoms with Crippen LogP contribution < -0.4 is 0 Å². The number of ether oxygens (including phenoxy) is 3. The average Bonchev–Trinajstić information content (AvgIpc) is 3.61. The highest BCUT2D eigenvalue weighted by molar-refractivity contribution is 5.79. The molecule has 2 N–H and O–H groups in total. The monoisotopic (exact) mass is 528 g/mol. The number of hydrogen-bond donors (Lipinski definition) is 2. The summed E-state index contributed by atoms with van der Waals surface area (Å²) in [5, 5.41) is 19.4. The molecule has 0 aliphatic carbocycles. The van der Waals surface area contributed by atoms with Crippen molar-refractivity contribution >= 4 is 5.97 Å². The molecule has 0 bridgehead atoms. The molecule has 1 fully saturated rings. The normalized spacial score (nSPS) is 30.7. The summed E-state index contributed by atoms with van der Waals surface area (Å²) in [7, 11) is 0. The lowest BCUT2D eigenvalue weighted by Gasteiger charge is -2.28. The maximum absolute atomic E-state index is 10.7. The van der Waals surface area contributed by atoms with Gasteiger partial charge in [-0.3, -0.25) is 0 Å². The van der Waals surface area contributed by atoms with Gasteiger partial charge in [-0.15, -0.1) is 0 Å². The van der Waals surface area contributed by atoms with Crippen LogP contribution >= 0.6 is 0 Å². The van der Waals surface area contributed by atoms with E-state index in [9.17, 15) is 9.90 Å². The van der Waals surface area contributed by atoms with E-state index in [4.69, 9.17) is 19.3 Å². The quantitative estimate of drug-likeness (QED) is 0.150. The van der Waals surface area contributed by atoms with E-state index in [2.05, 4.69) is 46.4 Å². The Bertz CT molecular complexity index is 902. The number of allylic oxidation sites excluding steroid dienone is 1. The molecule has 212 valence electrons. The molecule has 0 aromatic carbocycles. The van der Waals surface area contributed by atoms with E-state index in [1.807, 2.05) is 18.2 Å². The second-order valence-corrected chi connectivity index (χ2v) is 11.8. The van der Waals surface area contributed by atoms with Crippen molar-refractivity contribution in [2.75, 3.05) is 6.61 Å². The molecule has 1 saturated heterocycles. The SMILES string of the molecule is C=C(C[C@H](C)C[C@@H]1CC=C[C@@H](C/C=C\C(=O)O)O1)C[C@H](C)[C@@H]1O[C@H]1C[C@H](C)[C@@H](O)/C=C/[C@@H]1CC(C)=CCO1. The van der Waals surface area contributed by atoms with Crippen LogP contribution in [0.15, 0.2) is 60.3 Å². The Labute approximate surface area is 229 Å². The third-order valence-corrected chi connectivity index (χ3v) is 7.82. The zero-order valence-corrected chi connectivity index (χ0v) is 23.6. The fourth-order valence-electron chi connectivity index (χ4n) is 5.68. The van der Waals surface area contributed by atoms with Gasteiger partial charge in [0.05, 0.1) is 43.2 Å². The van der Waals surface area contributed by atoms with Gasteiger partial charge in [0.25, 0.3) is 0 Å². The zero-order valence-electron chi connectivity index (χ0n) is 23.6. The Morgan fingerprint density at radius 3 is 2.74 bits per heavy atom. The topological polar surface area (TPSA) is 88.5 Å². The molecule has 0 aromatic rings. The Hall–Kier alpha value is -1.99. The van der Waals surface area contributed by atoms with Gasteiger partial charge in [-0.25, -0.2) is 4.79 Å². The van der Waals surface area contributed by atoms with Gasteiger partial charge in [-0.1, -0.05) is 75.0 Å². The molecule has 38 heavy (non-hydrogen) atoms. The minimum absolute atomic E-state index is 0.0536. The van der Waals surface area contributed by atoms with Gasteiger partial charge < -0.3 is 24.4 Å². The molecule has 0 unspecified atom stereocenters. The molecule has 6 nitrogen and oxygen atoms in total. The fraction of sp³-hybridized carbons (Fsp3) is 0.656. The molecule has 6 heteroatoms. The Balaban J connectivity index is 1.32. The molecule has 0 amide bonds. The standard InChI is InChI=1S/C32H48O6/c1-21-14-15-36-27(18-21)12-13-29(33)24(4)20-30-32(38-30)25(5)17-22(2)16-23(3)19-28-10-6-8-26(37-28)9-7-11-31(34)35/h6-8,11-14,23-30,32-33H,2,9-10,15-20H2,1,3-5H3,(H,34,35)/b11-7-,13-12+/t23-,24-,25-,26-,27+,28-,29-,30-,32-/m0/s1. The molecule has 0 radical (unpaired) electrons. The molecule has 0 aromatic heterocycles. The third kappa shape index (κ3) is 10.6. The Morgan fingerprint density at radius 1 is 1.21 bits per heavy atom. The van der Waals surface area contributed by atoms with Gasteiger partial charge in [-0.2, -0.15) is 0 Å². The molecule has 3 heterocycles. The number of hydrogen-bond acceptors (Lipinski definition) is 5. The number of aliphatic hydroxyl groups is 1. The molecular weight excluding hydrogens is 480 g/mol. The fourth-order valence-corrected chi connectivity index (χ4v) is 5.68. The number of aliphatic carboxylic acids is 1. The van der Waals surface area contributed by atoms with Gasteiger partial charge >= 0.3 is 5.97 Å². The van der Waals surface area contributed by atoms with E-state index in [-0.39, 0.29) is 36.4 Å². The van der Waals surface area contributed by atoms with Gasteiger partial charge in [-0.05, 0) is 69.6 Å². The highest BCUT2D eigenvalue weighted by atomic mass is 16.6. The first-order valence-corrected chi connectivity index (χ1v) is 14.3. The van der Waals surface area contributed by atoms with Gasteiger partial charge in [0.1, 0.15) is 0 Å². The summed E-state index contributed by atoms with van der Waals surface area (Å²) in [4.78, 5) is 10.7. The second kappa shape index (κ2) is 15.0. The lowest BCUT2D eigenvalue weighted by molar-refractivity contribution is -0.131. The summed E-state index contributed by atoms with van der Waals surface area (Å²) in [5.74, 6) is 0.0734. The van der Waals surface area contributed by atoms with Crippen molar-refractivity contribution in [1.82, 2.24) is 0 Å². The molecule has 3 rings (SSSR count). The van der Waals surface area contributed by atoms with Crippen LogP contribution in [0.3, 0.4) is 0 Å². The molecule has 3 aliphatic heterocycles. The lowest BCUT2D eigenvalue weighted by Crippen LogP contribution is -2.25. The lowest BCUT2D eigenvalue weighted by atomic mass is 9.87. The third-order valence-electron chi connectivity index (χ3n) is 7.82. The minimum Gasteiger partial charge on any atom is -0.478 e. The van der Waals surface area contributed by atoms with Crippen LogP contribution in [-0.4, -0.2) is 59.4 Å². The predicted octanol–water partition coefficient (Wildman–Crippen LogP) is 6.18. The van der Waals surface area contributed by atoms with Crippen molar-refractivity contribution < 1.29 is 29.2 Å². The molecule has 9 atom stereocenters. The number of carboxylic acids is 1. The summed E-state index contributed by atoms with van der Waals surface area (Å²) in [6.07, 6.45) is 19.2. The molecule has 0 saturated carbocycles. The van der Waals surface area contributed by atoms with Gasteiger partial charge in [0, 0.05) is 6.08 Å². The van der Waals surface area contributed by atoms with E-state index in [1.54, 1.807) is 6.08 Å². The molecule has 0 spiro atoms. The maximum atomic E-state index is 10.7. The minimum atomic E-state index is -0.927. The zero-order chi connectivity index (χ0) is 27.7. The van der Waals surface area contributed by atoms with E-state index >= 15 is 0 Å². The summed E-state index contributed by atoms with van der Waals surface area (Å²) < 4.78 is 17.9. The van der Waals surface area contributed by atoms with Crippen LogP contribution in [0, 0.1) is 17.8 Å². The Kier molecular flexibility index (Phi) is 12.0. The first-order valence-electron chi connectivity index (χ1n) is 14.3. The van der Waals surface area contributed by atoms with Crippen LogP contribution in [0.1, 0.15) is 72.6 Å². The highest BCUT2D eigenvalue weighted by Crippen LogP contribution is 2.38. The average molecular weight is 529 g/mol. The Morgan fingerprint density at radius 2 is 2.00 bits per heavy atom. The summed E-state index contributed by atoms with van der Waals surface area (Å²) in [6, 6.07) is 0. The summed E-state index contributed by atoms with van der Waals surface area (Å²) in [5.41, 5.74) is 2.59. The van der Waals surface area contributed by atoms with Gasteiger partial charge in [0.2, 0.25) is 0 Å². The van der Waals surface area contributed by atoms with Crippen molar-refractivity contribution in [3.05, 3.63) is 60.3 Å².